The van der Waals surface area contributed by atoms with Crippen LogP contribution in [0, 0.1) is 5.82 Å². The minimum atomic E-state index is -4.92. The first-order chi connectivity index (χ1) is 21.5. The molecule has 2 amide bonds. The van der Waals surface area contributed by atoms with Gasteiger partial charge in [-0.1, -0.05) is 0 Å². The second-order valence-electron chi connectivity index (χ2n) is 10.9. The first-order valence-electron chi connectivity index (χ1n) is 14.6. The predicted molar refractivity (Wildman–Crippen MR) is 153 cm³/mol. The van der Waals surface area contributed by atoms with Gasteiger partial charge in [0.15, 0.2) is 0 Å². The monoisotopic (exact) mass is 743 g/mol. The number of hydrogen-bond acceptors (Lipinski definition) is 5. The van der Waals surface area contributed by atoms with Crippen LogP contribution < -0.4 is 32.1 Å². The number of alkyl halides is 4. The number of nitrogens with one attached hydrogen (secondary N) is 2. The Balaban J connectivity index is 1.47. The number of benzene rings is 2. The summed E-state index contributed by atoms with van der Waals surface area (Å²) in [7, 11) is 0. The van der Waals surface area contributed by atoms with Gasteiger partial charge in [0, 0.05) is 0 Å². The van der Waals surface area contributed by atoms with Crippen molar-refractivity contribution in [3.63, 3.8) is 0 Å². The van der Waals surface area contributed by atoms with E-state index >= 15 is 4.39 Å². The first-order valence-corrected chi connectivity index (χ1v) is 16.9. The van der Waals surface area contributed by atoms with E-state index in [1.165, 1.54) is 49.9 Å². The molecular formula is C30H32F4IN6O4-. The molecule has 1 aliphatic rings. The normalized spacial score (nSPS) is 15.1. The molecule has 2 aromatic heterocycles. The molecule has 10 nitrogen and oxygen atoms in total. The Morgan fingerprint density at radius 3 is 2.31 bits per heavy atom. The number of carboxylic acids is 1. The van der Waals surface area contributed by atoms with Crippen LogP contribution in [0.2, 0.25) is 0 Å². The second-order valence-corrected chi connectivity index (χ2v) is 14.2. The van der Waals surface area contributed by atoms with Gasteiger partial charge in [-0.15, -0.1) is 0 Å². The van der Waals surface area contributed by atoms with Crippen LogP contribution in [0.1, 0.15) is 57.1 Å². The van der Waals surface area contributed by atoms with E-state index < -0.39 is 76.6 Å². The predicted octanol–water partition coefficient (Wildman–Crippen LogP) is 1.88. The van der Waals surface area contributed by atoms with E-state index in [0.29, 0.717) is 14.8 Å². The molecule has 1 saturated carbocycles. The van der Waals surface area contributed by atoms with Gasteiger partial charge in [0.2, 0.25) is 5.91 Å². The number of aliphatic carboxylic acids is 1. The molecule has 1 fully saturated rings. The molecule has 3 N–H and O–H groups in total. The number of carbonyl (C=O) groups is 3. The van der Waals surface area contributed by atoms with Crippen molar-refractivity contribution in [2.45, 2.75) is 68.0 Å². The average molecular weight is 744 g/mol. The summed E-state index contributed by atoms with van der Waals surface area (Å²) in [6.45, 7) is -1.89. The van der Waals surface area contributed by atoms with Crippen molar-refractivity contribution < 1.29 is 58.5 Å². The van der Waals surface area contributed by atoms with E-state index in [4.69, 9.17) is 5.11 Å². The number of hydrogen-bond donors (Lipinski definition) is 3. The maximum absolute atomic E-state index is 15.6. The average Bonchev–Trinajstić information content (AvgIpc) is 3.59. The van der Waals surface area contributed by atoms with Crippen molar-refractivity contribution in [1.82, 2.24) is 28.4 Å². The number of rotatable bonds is 9. The third-order valence-electron chi connectivity index (χ3n) is 7.64. The molecule has 0 radical (unpaired) electrons. The summed E-state index contributed by atoms with van der Waals surface area (Å²) in [5, 5.41) is 21.4. The molecule has 2 heterocycles. The summed E-state index contributed by atoms with van der Waals surface area (Å²) in [4.78, 5) is 34.9. The zero-order valence-corrected chi connectivity index (χ0v) is 26.3. The maximum atomic E-state index is 15.6. The second kappa shape index (κ2) is 14.1. The quantitative estimate of drug-likeness (QED) is 0.137. The molecule has 0 aliphatic heterocycles. The van der Waals surface area contributed by atoms with Crippen LogP contribution in [0.3, 0.4) is 0 Å². The summed E-state index contributed by atoms with van der Waals surface area (Å²) in [6.07, 6.45) is 6.12. The molecule has 45 heavy (non-hydrogen) atoms. The molecule has 0 atom stereocenters. The molecule has 0 spiro atoms. The fourth-order valence-electron chi connectivity index (χ4n) is 5.49. The molecule has 0 unspecified atom stereocenters. The molecule has 4 aromatic rings. The molecule has 0 saturated heterocycles. The molecule has 2 aromatic carbocycles. The van der Waals surface area contributed by atoms with Gasteiger partial charge < -0.3 is 10.4 Å². The van der Waals surface area contributed by atoms with Crippen LogP contribution in [-0.4, -0.2) is 57.7 Å². The third kappa shape index (κ3) is 7.91. The minimum absolute atomic E-state index is 0.0210. The SMILES string of the molecule is O=C(O)CNC(=O)CNC(=O)Cn1nc(C(F)(F)F)c2c(-c3cc4c(cnn4[I-]C4CCCCCCCC4)cc3F)cccc21. The topological polar surface area (TPSA) is 131 Å². The van der Waals surface area contributed by atoms with Crippen LogP contribution in [0.15, 0.2) is 36.5 Å². The molecule has 242 valence electrons. The summed E-state index contributed by atoms with van der Waals surface area (Å²) >= 11 is -0.591. The van der Waals surface area contributed by atoms with Crippen molar-refractivity contribution in [3.8, 4) is 11.1 Å². The van der Waals surface area contributed by atoms with Gasteiger partial charge in [-0.3, -0.25) is 9.59 Å². The van der Waals surface area contributed by atoms with Gasteiger partial charge in [0.05, 0.1) is 0 Å². The van der Waals surface area contributed by atoms with Gasteiger partial charge in [-0.2, -0.15) is 0 Å². The van der Waals surface area contributed by atoms with E-state index in [-0.39, 0.29) is 22.0 Å². The molecule has 15 heteroatoms. The molecular weight excluding hydrogens is 711 g/mol. The van der Waals surface area contributed by atoms with Crippen molar-refractivity contribution in [3.05, 3.63) is 48.0 Å². The van der Waals surface area contributed by atoms with E-state index in [0.717, 1.165) is 30.4 Å². The van der Waals surface area contributed by atoms with Gasteiger partial charge in [-0.05, 0) is 0 Å². The Kier molecular flexibility index (Phi) is 10.2. The van der Waals surface area contributed by atoms with E-state index in [9.17, 15) is 27.6 Å². The van der Waals surface area contributed by atoms with E-state index in [2.05, 4.69) is 20.8 Å². The van der Waals surface area contributed by atoms with Crippen LogP contribution >= 0.6 is 0 Å². The Morgan fingerprint density at radius 2 is 1.62 bits per heavy atom. The van der Waals surface area contributed by atoms with Crippen LogP contribution in [-0.2, 0) is 27.1 Å². The van der Waals surface area contributed by atoms with Crippen molar-refractivity contribution >= 4 is 39.6 Å². The van der Waals surface area contributed by atoms with Gasteiger partial charge >= 0.3 is 234 Å². The van der Waals surface area contributed by atoms with Crippen LogP contribution in [0.4, 0.5) is 17.6 Å². The van der Waals surface area contributed by atoms with Gasteiger partial charge in [0.25, 0.3) is 0 Å². The number of halogens is 5. The van der Waals surface area contributed by atoms with Gasteiger partial charge in [0.1, 0.15) is 6.54 Å². The molecule has 5 rings (SSSR count). The van der Waals surface area contributed by atoms with E-state index in [1.807, 2.05) is 2.90 Å². The summed E-state index contributed by atoms with van der Waals surface area (Å²) in [5.74, 6) is -3.59. The number of carboxylic acid groups (broad SMARTS) is 1. The van der Waals surface area contributed by atoms with E-state index in [1.54, 1.807) is 12.3 Å². The Labute approximate surface area is 266 Å². The summed E-state index contributed by atoms with van der Waals surface area (Å²) < 4.78 is 61.8. The van der Waals surface area contributed by atoms with Crippen molar-refractivity contribution in [1.29, 1.82) is 0 Å². The number of amides is 2. The third-order valence-corrected chi connectivity index (χ3v) is 11.0. The number of aromatic nitrogens is 4. The van der Waals surface area contributed by atoms with Gasteiger partial charge in [-0.25, -0.2) is 0 Å². The fourth-order valence-corrected chi connectivity index (χ4v) is 8.66. The summed E-state index contributed by atoms with van der Waals surface area (Å²) in [5.41, 5.74) is -0.703. The number of fused-ring (bicyclic) bond motifs is 2. The molecule has 0 bridgehead atoms. The molecule has 1 aliphatic carbocycles. The Morgan fingerprint density at radius 1 is 0.933 bits per heavy atom. The Bertz CT molecular complexity index is 1710. The zero-order valence-electron chi connectivity index (χ0n) is 24.2. The number of nitrogens with zero attached hydrogens (tertiary/aromatic N) is 4. The first kappa shape index (κ1) is 32.6. The standard InChI is InChI=1S/C30H32F4IN6O4/c31-22-12-18-14-38-41(35-19-8-5-3-1-2-4-6-9-19)24(18)13-21(22)20-10-7-11-23-28(20)29(30(32,33)34)39-40(23)17-26(43)36-15-25(42)37-16-27(44)45/h7,10-14,19H,1-6,8-9,15-17H2,(H,36,43)(H,37,42)(H,44,45)/q-1. The number of carbonyl (C=O) groups excluding carboxylic acids is 2. The van der Waals surface area contributed by atoms with Crippen molar-refractivity contribution in [2.75, 3.05) is 13.1 Å². The zero-order chi connectivity index (χ0) is 32.1. The van der Waals surface area contributed by atoms with Crippen molar-refractivity contribution in [2.24, 2.45) is 0 Å². The Hall–Kier alpha value is -3.76. The van der Waals surface area contributed by atoms with Crippen LogP contribution in [0.25, 0.3) is 32.9 Å². The fraction of sp³-hybridized carbons (Fsp3) is 0.433. The van der Waals surface area contributed by atoms with Crippen LogP contribution in [0.5, 0.6) is 0 Å². The summed E-state index contributed by atoms with van der Waals surface area (Å²) in [6, 6.07) is 7.08.